The Labute approximate surface area is 93.4 Å². The highest BCUT2D eigenvalue weighted by atomic mass is 16.5. The molecule has 0 radical (unpaired) electrons. The minimum Gasteiger partial charge on any atom is -0.375 e. The summed E-state index contributed by atoms with van der Waals surface area (Å²) in [6.45, 7) is 8.26. The zero-order valence-corrected chi connectivity index (χ0v) is 10.5. The molecule has 1 fully saturated rings. The lowest BCUT2D eigenvalue weighted by atomic mass is 9.80. The van der Waals surface area contributed by atoms with Crippen LogP contribution in [-0.2, 0) is 9.53 Å². The molecule has 4 unspecified atom stereocenters. The molecule has 0 heterocycles. The summed E-state index contributed by atoms with van der Waals surface area (Å²) in [4.78, 5) is 10.9. The molecule has 1 rings (SSSR count). The van der Waals surface area contributed by atoms with Gasteiger partial charge in [-0.15, -0.1) is 0 Å². The van der Waals surface area contributed by atoms with Crippen LogP contribution in [0.2, 0.25) is 0 Å². The maximum absolute atomic E-state index is 10.9. The highest BCUT2D eigenvalue weighted by Gasteiger charge is 2.26. The zero-order chi connectivity index (χ0) is 11.4. The van der Waals surface area contributed by atoms with E-state index in [1.165, 1.54) is 6.42 Å². The first kappa shape index (κ1) is 12.7. The van der Waals surface area contributed by atoms with E-state index in [9.17, 15) is 4.79 Å². The van der Waals surface area contributed by atoms with Crippen LogP contribution in [0.25, 0.3) is 0 Å². The van der Waals surface area contributed by atoms with Crippen molar-refractivity contribution < 1.29 is 9.53 Å². The third-order valence-electron chi connectivity index (χ3n) is 3.55. The minimum absolute atomic E-state index is 0.0908. The van der Waals surface area contributed by atoms with Gasteiger partial charge in [0.25, 0.3) is 0 Å². The van der Waals surface area contributed by atoms with Crippen LogP contribution in [-0.4, -0.2) is 18.0 Å². The van der Waals surface area contributed by atoms with E-state index in [1.54, 1.807) is 6.92 Å². The van der Waals surface area contributed by atoms with Crippen LogP contribution in [0.5, 0.6) is 0 Å². The number of hydrogen-bond donors (Lipinski definition) is 0. The molecule has 0 N–H and O–H groups in total. The number of Topliss-reactive ketones (excluding diaryl/α,β-unsaturated/α-hetero) is 1. The predicted molar refractivity (Wildman–Crippen MR) is 61.8 cm³/mol. The Balaban J connectivity index is 2.30. The standard InChI is InChI=1S/C13H24O2/c1-9-5-6-13(7-10(9)2)15-12(4)8-11(3)14/h9-10,12-13H,5-8H2,1-4H3. The molecule has 0 bridgehead atoms. The molecule has 0 amide bonds. The van der Waals surface area contributed by atoms with E-state index in [-0.39, 0.29) is 11.9 Å². The summed E-state index contributed by atoms with van der Waals surface area (Å²) < 4.78 is 5.90. The van der Waals surface area contributed by atoms with Crippen molar-refractivity contribution in [1.29, 1.82) is 0 Å². The Morgan fingerprint density at radius 2 is 2.00 bits per heavy atom. The Morgan fingerprint density at radius 3 is 2.53 bits per heavy atom. The second kappa shape index (κ2) is 5.64. The molecule has 2 nitrogen and oxygen atoms in total. The lowest BCUT2D eigenvalue weighted by Gasteiger charge is -2.33. The molecule has 0 aliphatic heterocycles. The number of carbonyl (C=O) groups excluding carboxylic acids is 1. The van der Waals surface area contributed by atoms with Crippen molar-refractivity contribution in [3.63, 3.8) is 0 Å². The van der Waals surface area contributed by atoms with Crippen molar-refractivity contribution in [1.82, 2.24) is 0 Å². The molecular weight excluding hydrogens is 188 g/mol. The number of hydrogen-bond acceptors (Lipinski definition) is 2. The second-order valence-corrected chi connectivity index (χ2v) is 5.24. The highest BCUT2D eigenvalue weighted by Crippen LogP contribution is 2.31. The van der Waals surface area contributed by atoms with Crippen LogP contribution in [0.15, 0.2) is 0 Å². The van der Waals surface area contributed by atoms with E-state index >= 15 is 0 Å². The molecule has 1 saturated carbocycles. The smallest absolute Gasteiger partial charge is 0.132 e. The van der Waals surface area contributed by atoms with Crippen LogP contribution < -0.4 is 0 Å². The summed E-state index contributed by atoms with van der Waals surface area (Å²) in [5.41, 5.74) is 0. The Morgan fingerprint density at radius 1 is 1.33 bits per heavy atom. The van der Waals surface area contributed by atoms with Gasteiger partial charge in [-0.3, -0.25) is 4.79 Å². The van der Waals surface area contributed by atoms with Gasteiger partial charge in [-0.2, -0.15) is 0 Å². The van der Waals surface area contributed by atoms with Gasteiger partial charge in [-0.25, -0.2) is 0 Å². The largest absolute Gasteiger partial charge is 0.375 e. The summed E-state index contributed by atoms with van der Waals surface area (Å²) >= 11 is 0. The quantitative estimate of drug-likeness (QED) is 0.715. The van der Waals surface area contributed by atoms with E-state index in [1.807, 2.05) is 6.92 Å². The number of rotatable bonds is 4. The van der Waals surface area contributed by atoms with Crippen LogP contribution in [0.4, 0.5) is 0 Å². The van der Waals surface area contributed by atoms with Crippen molar-refractivity contribution in [2.24, 2.45) is 11.8 Å². The Hall–Kier alpha value is -0.370. The van der Waals surface area contributed by atoms with Gasteiger partial charge < -0.3 is 4.74 Å². The van der Waals surface area contributed by atoms with Crippen LogP contribution in [0.3, 0.4) is 0 Å². The van der Waals surface area contributed by atoms with E-state index in [4.69, 9.17) is 4.74 Å². The summed E-state index contributed by atoms with van der Waals surface area (Å²) in [5.74, 6) is 1.81. The van der Waals surface area contributed by atoms with Gasteiger partial charge in [0.15, 0.2) is 0 Å². The molecule has 4 atom stereocenters. The first-order valence-corrected chi connectivity index (χ1v) is 6.14. The van der Waals surface area contributed by atoms with Crippen LogP contribution >= 0.6 is 0 Å². The Bertz CT molecular complexity index is 213. The van der Waals surface area contributed by atoms with Gasteiger partial charge in [-0.05, 0) is 44.9 Å². The summed E-state index contributed by atoms with van der Waals surface area (Å²) in [6.07, 6.45) is 4.61. The van der Waals surface area contributed by atoms with Crippen LogP contribution in [0.1, 0.15) is 53.4 Å². The molecule has 15 heavy (non-hydrogen) atoms. The molecule has 0 saturated heterocycles. The van der Waals surface area contributed by atoms with E-state index in [0.29, 0.717) is 12.5 Å². The van der Waals surface area contributed by atoms with Crippen molar-refractivity contribution in [3.05, 3.63) is 0 Å². The minimum atomic E-state index is 0.0908. The third-order valence-corrected chi connectivity index (χ3v) is 3.55. The monoisotopic (exact) mass is 212 g/mol. The zero-order valence-electron chi connectivity index (χ0n) is 10.5. The fraction of sp³-hybridized carbons (Fsp3) is 0.923. The normalized spacial score (nSPS) is 33.7. The predicted octanol–water partition coefficient (Wildman–Crippen LogP) is 3.20. The van der Waals surface area contributed by atoms with E-state index < -0.39 is 0 Å². The number of ketones is 1. The van der Waals surface area contributed by atoms with Gasteiger partial charge in [0.05, 0.1) is 12.2 Å². The van der Waals surface area contributed by atoms with Crippen molar-refractivity contribution in [2.45, 2.75) is 65.6 Å². The molecule has 0 spiro atoms. The molecule has 1 aliphatic carbocycles. The highest BCUT2D eigenvalue weighted by molar-refractivity contribution is 5.75. The van der Waals surface area contributed by atoms with Gasteiger partial charge in [0.1, 0.15) is 5.78 Å². The molecule has 0 aromatic carbocycles. The number of carbonyl (C=O) groups is 1. The van der Waals surface area contributed by atoms with Gasteiger partial charge >= 0.3 is 0 Å². The van der Waals surface area contributed by atoms with Crippen molar-refractivity contribution in [3.8, 4) is 0 Å². The summed E-state index contributed by atoms with van der Waals surface area (Å²) in [6, 6.07) is 0. The SMILES string of the molecule is CC(=O)CC(C)OC1CCC(C)C(C)C1. The van der Waals surface area contributed by atoms with E-state index in [0.717, 1.165) is 24.7 Å². The average molecular weight is 212 g/mol. The maximum atomic E-state index is 10.9. The fourth-order valence-electron chi connectivity index (χ4n) is 2.40. The third kappa shape index (κ3) is 4.33. The lowest BCUT2D eigenvalue weighted by molar-refractivity contribution is -0.121. The number of ether oxygens (including phenoxy) is 1. The van der Waals surface area contributed by atoms with Gasteiger partial charge in [0.2, 0.25) is 0 Å². The molecule has 88 valence electrons. The fourth-order valence-corrected chi connectivity index (χ4v) is 2.40. The second-order valence-electron chi connectivity index (χ2n) is 5.24. The Kier molecular flexibility index (Phi) is 4.78. The first-order chi connectivity index (χ1) is 6.99. The molecular formula is C13H24O2. The van der Waals surface area contributed by atoms with Gasteiger partial charge in [-0.1, -0.05) is 13.8 Å². The molecule has 0 aromatic rings. The van der Waals surface area contributed by atoms with Gasteiger partial charge in [0, 0.05) is 6.42 Å². The maximum Gasteiger partial charge on any atom is 0.132 e. The molecule has 1 aliphatic rings. The van der Waals surface area contributed by atoms with E-state index in [2.05, 4.69) is 13.8 Å². The van der Waals surface area contributed by atoms with Crippen LogP contribution in [0, 0.1) is 11.8 Å². The average Bonchev–Trinajstić information content (AvgIpc) is 2.10. The molecule has 2 heteroatoms. The molecule has 0 aromatic heterocycles. The first-order valence-electron chi connectivity index (χ1n) is 6.14. The lowest BCUT2D eigenvalue weighted by Crippen LogP contribution is -2.30. The summed E-state index contributed by atoms with van der Waals surface area (Å²) in [7, 11) is 0. The van der Waals surface area contributed by atoms with Crippen molar-refractivity contribution >= 4 is 5.78 Å². The summed E-state index contributed by atoms with van der Waals surface area (Å²) in [5, 5.41) is 0. The van der Waals surface area contributed by atoms with Crippen molar-refractivity contribution in [2.75, 3.05) is 0 Å². The topological polar surface area (TPSA) is 26.3 Å².